The predicted molar refractivity (Wildman–Crippen MR) is 126 cm³/mol. The van der Waals surface area contributed by atoms with Crippen LogP contribution in [0.25, 0.3) is 11.1 Å². The molecule has 0 aromatic heterocycles. The zero-order valence-corrected chi connectivity index (χ0v) is 18.2. The fourth-order valence-electron chi connectivity index (χ4n) is 3.50. The number of ketones is 1. The third-order valence-electron chi connectivity index (χ3n) is 5.38. The highest BCUT2D eigenvalue weighted by Crippen LogP contribution is 2.20. The van der Waals surface area contributed by atoms with E-state index in [1.165, 1.54) is 0 Å². The molecule has 3 aromatic carbocycles. The van der Waals surface area contributed by atoms with Crippen molar-refractivity contribution in [3.05, 3.63) is 96.1 Å². The Bertz CT molecular complexity index is 1050. The molecule has 0 aliphatic carbocycles. The Morgan fingerprint density at radius 2 is 1.41 bits per heavy atom. The lowest BCUT2D eigenvalue weighted by Crippen LogP contribution is -2.42. The van der Waals surface area contributed by atoms with Crippen LogP contribution in [0.5, 0.6) is 0 Å². The van der Waals surface area contributed by atoms with Gasteiger partial charge < -0.3 is 15.9 Å². The highest BCUT2D eigenvalue weighted by atomic mass is 16.5. The van der Waals surface area contributed by atoms with Gasteiger partial charge in [-0.15, -0.1) is 0 Å². The van der Waals surface area contributed by atoms with E-state index >= 15 is 0 Å². The van der Waals surface area contributed by atoms with Gasteiger partial charge in [0, 0.05) is 0 Å². The number of Topliss-reactive ketones (excluding diaryl/α,β-unsaturated/α-hetero) is 1. The second-order valence-corrected chi connectivity index (χ2v) is 7.71. The normalized spacial score (nSPS) is 12.6. The molecule has 0 spiro atoms. The molecule has 0 saturated heterocycles. The zero-order chi connectivity index (χ0) is 22.9. The van der Waals surface area contributed by atoms with Crippen molar-refractivity contribution in [1.29, 1.82) is 5.41 Å². The first-order valence-electron chi connectivity index (χ1n) is 10.7. The molecular weight excluding hydrogens is 400 g/mol. The Kier molecular flexibility index (Phi) is 8.06. The van der Waals surface area contributed by atoms with E-state index in [-0.39, 0.29) is 12.3 Å². The molecule has 164 valence electrons. The summed E-state index contributed by atoms with van der Waals surface area (Å²) in [4.78, 5) is 25.2. The first-order valence-corrected chi connectivity index (χ1v) is 10.7. The number of nitrogens with one attached hydrogen (secondary N) is 1. The van der Waals surface area contributed by atoms with Crippen molar-refractivity contribution in [3.8, 4) is 11.1 Å². The van der Waals surface area contributed by atoms with Crippen molar-refractivity contribution in [1.82, 2.24) is 0 Å². The van der Waals surface area contributed by atoms with Crippen LogP contribution in [0.4, 0.5) is 0 Å². The molecule has 0 amide bonds. The lowest BCUT2D eigenvalue weighted by atomic mass is 9.91. The number of hydrogen-bond donors (Lipinski definition) is 2. The van der Waals surface area contributed by atoms with Gasteiger partial charge in [-0.2, -0.15) is 0 Å². The Labute approximate surface area is 188 Å². The number of ether oxygens (including phenoxy) is 1. The molecule has 0 aliphatic rings. The van der Waals surface area contributed by atoms with E-state index in [1.807, 2.05) is 84.9 Å². The molecule has 0 unspecified atom stereocenters. The molecule has 0 saturated carbocycles. The molecule has 5 nitrogen and oxygen atoms in total. The summed E-state index contributed by atoms with van der Waals surface area (Å²) in [7, 11) is 0. The van der Waals surface area contributed by atoms with Crippen LogP contribution in [0.1, 0.15) is 24.5 Å². The number of esters is 1. The van der Waals surface area contributed by atoms with Crippen molar-refractivity contribution in [2.45, 2.75) is 32.4 Å². The standard InChI is InChI=1S/C27H28N2O3/c1-2-23(27(31)32-18-20-9-5-3-6-10-20)25(29)26(30)24(28)17-19-13-15-22(16-14-19)21-11-7-4-8-12-21/h3-16,23-24,29H,2,17-18,28H2,1H3/t23-,24-/m0/s1. The maximum Gasteiger partial charge on any atom is 0.315 e. The van der Waals surface area contributed by atoms with Crippen molar-refractivity contribution in [2.75, 3.05) is 0 Å². The van der Waals surface area contributed by atoms with Crippen LogP contribution in [0.15, 0.2) is 84.9 Å². The molecule has 0 fully saturated rings. The minimum atomic E-state index is -0.919. The molecule has 2 atom stereocenters. The third-order valence-corrected chi connectivity index (χ3v) is 5.38. The molecule has 3 rings (SSSR count). The van der Waals surface area contributed by atoms with Gasteiger partial charge in [0.05, 0.1) is 11.8 Å². The van der Waals surface area contributed by atoms with Gasteiger partial charge in [0.1, 0.15) is 12.5 Å². The van der Waals surface area contributed by atoms with Gasteiger partial charge in [0.2, 0.25) is 0 Å². The number of benzene rings is 3. The van der Waals surface area contributed by atoms with Gasteiger partial charge in [0.25, 0.3) is 0 Å². The molecule has 0 heterocycles. The first-order chi connectivity index (χ1) is 15.5. The summed E-state index contributed by atoms with van der Waals surface area (Å²) in [6.45, 7) is 1.86. The number of rotatable bonds is 10. The fraction of sp³-hybridized carbons (Fsp3) is 0.222. The third kappa shape index (κ3) is 5.99. The topological polar surface area (TPSA) is 93.2 Å². The Morgan fingerprint density at radius 1 is 0.844 bits per heavy atom. The van der Waals surface area contributed by atoms with E-state index in [0.717, 1.165) is 22.3 Å². The summed E-state index contributed by atoms with van der Waals surface area (Å²) in [6.07, 6.45) is 0.600. The largest absolute Gasteiger partial charge is 0.460 e. The molecule has 3 N–H and O–H groups in total. The average Bonchev–Trinajstić information content (AvgIpc) is 2.84. The van der Waals surface area contributed by atoms with E-state index in [9.17, 15) is 9.59 Å². The average molecular weight is 429 g/mol. The fourth-order valence-corrected chi connectivity index (χ4v) is 3.50. The quantitative estimate of drug-likeness (QED) is 0.365. The summed E-state index contributed by atoms with van der Waals surface area (Å²) >= 11 is 0. The molecule has 0 aliphatic heterocycles. The smallest absolute Gasteiger partial charge is 0.315 e. The van der Waals surface area contributed by atoms with Crippen LogP contribution in [0.3, 0.4) is 0 Å². The molecule has 0 bridgehead atoms. The molecule has 0 radical (unpaired) electrons. The van der Waals surface area contributed by atoms with Crippen molar-refractivity contribution in [2.24, 2.45) is 11.7 Å². The van der Waals surface area contributed by atoms with Gasteiger partial charge in [0.15, 0.2) is 5.78 Å². The van der Waals surface area contributed by atoms with E-state index in [1.54, 1.807) is 6.92 Å². The summed E-state index contributed by atoms with van der Waals surface area (Å²) in [5, 5.41) is 8.28. The van der Waals surface area contributed by atoms with E-state index in [2.05, 4.69) is 0 Å². The molecular formula is C27H28N2O3. The van der Waals surface area contributed by atoms with Gasteiger partial charge in [-0.25, -0.2) is 0 Å². The van der Waals surface area contributed by atoms with E-state index < -0.39 is 23.7 Å². The predicted octanol–water partition coefficient (Wildman–Crippen LogP) is 4.58. The first kappa shape index (κ1) is 23.1. The highest BCUT2D eigenvalue weighted by molar-refractivity contribution is 6.44. The van der Waals surface area contributed by atoms with Crippen LogP contribution >= 0.6 is 0 Å². The molecule has 5 heteroatoms. The second kappa shape index (κ2) is 11.2. The minimum absolute atomic E-state index is 0.109. The SMILES string of the molecule is CC[C@@H](C(=N)C(=O)[C@@H](N)Cc1ccc(-c2ccccc2)cc1)C(=O)OCc1ccccc1. The summed E-state index contributed by atoms with van der Waals surface area (Å²) in [6, 6.07) is 26.3. The summed E-state index contributed by atoms with van der Waals surface area (Å²) < 4.78 is 5.33. The van der Waals surface area contributed by atoms with Crippen LogP contribution in [0, 0.1) is 11.3 Å². The number of hydrogen-bond acceptors (Lipinski definition) is 5. The highest BCUT2D eigenvalue weighted by Gasteiger charge is 2.30. The van der Waals surface area contributed by atoms with Gasteiger partial charge in [-0.1, -0.05) is 91.9 Å². The number of carbonyl (C=O) groups is 2. The van der Waals surface area contributed by atoms with Crippen LogP contribution < -0.4 is 5.73 Å². The Hall–Kier alpha value is -3.57. The number of nitrogens with two attached hydrogens (primary N) is 1. The van der Waals surface area contributed by atoms with Gasteiger partial charge in [-0.05, 0) is 35.1 Å². The van der Waals surface area contributed by atoms with E-state index in [4.69, 9.17) is 15.9 Å². The van der Waals surface area contributed by atoms with Crippen molar-refractivity contribution < 1.29 is 14.3 Å². The minimum Gasteiger partial charge on any atom is -0.460 e. The van der Waals surface area contributed by atoms with Crippen LogP contribution in [-0.2, 0) is 27.4 Å². The lowest BCUT2D eigenvalue weighted by Gasteiger charge is -2.18. The maximum atomic E-state index is 12.8. The Balaban J connectivity index is 1.58. The summed E-state index contributed by atoms with van der Waals surface area (Å²) in [5.74, 6) is -2.02. The maximum absolute atomic E-state index is 12.8. The van der Waals surface area contributed by atoms with Crippen molar-refractivity contribution in [3.63, 3.8) is 0 Å². The van der Waals surface area contributed by atoms with Crippen LogP contribution in [-0.4, -0.2) is 23.5 Å². The Morgan fingerprint density at radius 3 is 2.00 bits per heavy atom. The van der Waals surface area contributed by atoms with Gasteiger partial charge in [-0.3, -0.25) is 9.59 Å². The van der Waals surface area contributed by atoms with Crippen LogP contribution in [0.2, 0.25) is 0 Å². The number of carbonyl (C=O) groups excluding carboxylic acids is 2. The lowest BCUT2D eigenvalue weighted by molar-refractivity contribution is -0.147. The summed E-state index contributed by atoms with van der Waals surface area (Å²) in [5.41, 5.74) is 9.76. The zero-order valence-electron chi connectivity index (χ0n) is 18.2. The second-order valence-electron chi connectivity index (χ2n) is 7.71. The van der Waals surface area contributed by atoms with Crippen molar-refractivity contribution >= 4 is 17.5 Å². The van der Waals surface area contributed by atoms with Gasteiger partial charge >= 0.3 is 5.97 Å². The molecule has 3 aromatic rings. The van der Waals surface area contributed by atoms with E-state index in [0.29, 0.717) is 12.8 Å². The molecule has 32 heavy (non-hydrogen) atoms. The monoisotopic (exact) mass is 428 g/mol.